The normalized spacial score (nSPS) is 12.2. The van der Waals surface area contributed by atoms with Crippen molar-refractivity contribution in [2.24, 2.45) is 5.73 Å². The lowest BCUT2D eigenvalue weighted by Gasteiger charge is -2.24. The molecule has 2 aromatic carbocycles. The summed E-state index contributed by atoms with van der Waals surface area (Å²) in [7, 11) is 1.91. The van der Waals surface area contributed by atoms with Crippen LogP contribution >= 0.6 is 0 Å². The zero-order chi connectivity index (χ0) is 23.6. The first kappa shape index (κ1) is 26.1. The Kier molecular flexibility index (Phi) is 9.96. The van der Waals surface area contributed by atoms with Gasteiger partial charge >= 0.3 is 6.18 Å². The van der Waals surface area contributed by atoms with E-state index in [0.29, 0.717) is 18.4 Å². The Morgan fingerprint density at radius 1 is 0.906 bits per heavy atom. The first-order chi connectivity index (χ1) is 15.2. The van der Waals surface area contributed by atoms with Gasteiger partial charge in [0.1, 0.15) is 5.75 Å². The van der Waals surface area contributed by atoms with E-state index in [1.807, 2.05) is 19.2 Å². The molecule has 0 aromatic heterocycles. The second kappa shape index (κ2) is 12.2. The number of hydrogen-bond acceptors (Lipinski definition) is 5. The highest BCUT2D eigenvalue weighted by atomic mass is 19.4. The molecular formula is C24H33F3N2O3. The molecule has 178 valence electrons. The van der Waals surface area contributed by atoms with E-state index < -0.39 is 30.5 Å². The first-order valence-corrected chi connectivity index (χ1v) is 10.8. The van der Waals surface area contributed by atoms with Crippen molar-refractivity contribution in [3.63, 3.8) is 0 Å². The molecule has 0 aliphatic heterocycles. The van der Waals surface area contributed by atoms with Crippen molar-refractivity contribution in [1.82, 2.24) is 5.32 Å². The van der Waals surface area contributed by atoms with Crippen molar-refractivity contribution >= 4 is 0 Å². The number of hydrogen-bond donors (Lipinski definition) is 4. The van der Waals surface area contributed by atoms with Gasteiger partial charge in [-0.3, -0.25) is 0 Å². The number of likely N-dealkylation sites (N-methyl/N-ethyl adjacent to an activating group) is 1. The second-order valence-electron chi connectivity index (χ2n) is 8.13. The van der Waals surface area contributed by atoms with Crippen LogP contribution in [-0.2, 0) is 25.4 Å². The molecule has 8 heteroatoms. The smallest absolute Gasteiger partial charge is 0.419 e. The Bertz CT molecular complexity index is 822. The minimum Gasteiger partial charge on any atom is -0.493 e. The van der Waals surface area contributed by atoms with E-state index in [0.717, 1.165) is 24.6 Å². The van der Waals surface area contributed by atoms with Gasteiger partial charge in [0, 0.05) is 0 Å². The van der Waals surface area contributed by atoms with Crippen LogP contribution in [0.1, 0.15) is 35.1 Å². The van der Waals surface area contributed by atoms with Gasteiger partial charge in [-0.15, -0.1) is 0 Å². The van der Waals surface area contributed by atoms with Crippen molar-refractivity contribution in [3.05, 3.63) is 64.7 Å². The topological polar surface area (TPSA) is 87.7 Å². The van der Waals surface area contributed by atoms with Gasteiger partial charge in [-0.05, 0) is 74.5 Å². The molecule has 0 aliphatic rings. The van der Waals surface area contributed by atoms with Gasteiger partial charge < -0.3 is 26.0 Å². The third-order valence-electron chi connectivity index (χ3n) is 5.44. The van der Waals surface area contributed by atoms with Crippen molar-refractivity contribution < 1.29 is 28.1 Å². The molecule has 0 aliphatic carbocycles. The summed E-state index contributed by atoms with van der Waals surface area (Å²) in [6.45, 7) is 0.180. The first-order valence-electron chi connectivity index (χ1n) is 10.8. The van der Waals surface area contributed by atoms with Crippen LogP contribution < -0.4 is 15.8 Å². The number of aliphatic hydroxyl groups excluding tert-OH is 2. The number of benzene rings is 2. The lowest BCUT2D eigenvalue weighted by Crippen LogP contribution is -2.47. The molecule has 5 N–H and O–H groups in total. The van der Waals surface area contributed by atoms with Gasteiger partial charge in [-0.25, -0.2) is 0 Å². The van der Waals surface area contributed by atoms with Crippen LogP contribution in [0.2, 0.25) is 0 Å². The van der Waals surface area contributed by atoms with Crippen molar-refractivity contribution in [2.45, 2.75) is 43.8 Å². The summed E-state index contributed by atoms with van der Waals surface area (Å²) in [4.78, 5) is 0. The van der Waals surface area contributed by atoms with Crippen molar-refractivity contribution in [3.8, 4) is 5.75 Å². The van der Waals surface area contributed by atoms with Gasteiger partial charge in [-0.1, -0.05) is 30.3 Å². The van der Waals surface area contributed by atoms with Gasteiger partial charge in [0.15, 0.2) is 0 Å². The quantitative estimate of drug-likeness (QED) is 0.350. The fourth-order valence-electron chi connectivity index (χ4n) is 3.28. The predicted octanol–water partition coefficient (Wildman–Crippen LogP) is 3.09. The number of ether oxygens (including phenoxy) is 1. The summed E-state index contributed by atoms with van der Waals surface area (Å²) >= 11 is 0. The van der Waals surface area contributed by atoms with Crippen LogP contribution in [0.25, 0.3) is 0 Å². The molecule has 0 heterocycles. The molecule has 2 aromatic rings. The Hall–Kier alpha value is -2.13. The lowest BCUT2D eigenvalue weighted by molar-refractivity contribution is -0.139. The Balaban J connectivity index is 1.94. The summed E-state index contributed by atoms with van der Waals surface area (Å²) in [6.07, 6.45) is -1.94. The summed E-state index contributed by atoms with van der Waals surface area (Å²) in [5, 5.41) is 21.6. The van der Waals surface area contributed by atoms with Gasteiger partial charge in [0.2, 0.25) is 0 Å². The highest BCUT2D eigenvalue weighted by Crippen LogP contribution is 2.37. The fraction of sp³-hybridized carbons (Fsp3) is 0.500. The Morgan fingerprint density at radius 3 is 2.06 bits per heavy atom. The average molecular weight is 455 g/mol. The number of nitrogens with two attached hydrogens (primary N) is 1. The number of aliphatic hydroxyl groups is 2. The molecular weight excluding hydrogens is 421 g/mol. The number of nitrogens with one attached hydrogen (secondary N) is 1. The SMILES string of the molecule is CNCCc1ccc(CCCOc2ccc(CCC(N)(CO)CO)cc2C(F)(F)F)cc1. The molecule has 0 atom stereocenters. The van der Waals surface area contributed by atoms with Crippen LogP contribution in [0.15, 0.2) is 42.5 Å². The van der Waals surface area contributed by atoms with E-state index in [4.69, 9.17) is 10.5 Å². The van der Waals surface area contributed by atoms with Crippen LogP contribution in [-0.4, -0.2) is 49.2 Å². The Labute approximate surface area is 187 Å². The van der Waals surface area contributed by atoms with Crippen LogP contribution in [0.4, 0.5) is 13.2 Å². The molecule has 0 fully saturated rings. The summed E-state index contributed by atoms with van der Waals surface area (Å²) < 4.78 is 46.1. The maximum absolute atomic E-state index is 13.5. The molecule has 0 spiro atoms. The van der Waals surface area contributed by atoms with Crippen molar-refractivity contribution in [1.29, 1.82) is 0 Å². The molecule has 0 saturated heterocycles. The highest BCUT2D eigenvalue weighted by Gasteiger charge is 2.35. The molecule has 0 saturated carbocycles. The number of halogens is 3. The molecule has 0 bridgehead atoms. The van der Waals surface area contributed by atoms with Gasteiger partial charge in [0.25, 0.3) is 0 Å². The third kappa shape index (κ3) is 8.09. The largest absolute Gasteiger partial charge is 0.493 e. The standard InChI is InChI=1S/C24H33F3N2O3/c1-29-13-11-19-6-4-18(5-7-19)3-2-14-32-22-9-8-20(15-21(22)24(25,26)27)10-12-23(28,16-30)17-31/h4-9,15,29-31H,2-3,10-14,16-17,28H2,1H3. The third-order valence-corrected chi connectivity index (χ3v) is 5.44. The molecule has 5 nitrogen and oxygen atoms in total. The maximum Gasteiger partial charge on any atom is 0.419 e. The van der Waals surface area contributed by atoms with E-state index in [1.54, 1.807) is 6.07 Å². The molecule has 0 amide bonds. The number of alkyl halides is 3. The fourth-order valence-corrected chi connectivity index (χ4v) is 3.28. The van der Waals surface area contributed by atoms with E-state index in [2.05, 4.69) is 17.4 Å². The summed E-state index contributed by atoms with van der Waals surface area (Å²) in [6, 6.07) is 12.1. The average Bonchev–Trinajstić information content (AvgIpc) is 2.79. The lowest BCUT2D eigenvalue weighted by atomic mass is 9.93. The molecule has 0 radical (unpaired) electrons. The molecule has 2 rings (SSSR count). The van der Waals surface area contributed by atoms with Crippen LogP contribution in [0, 0.1) is 0 Å². The summed E-state index contributed by atoms with van der Waals surface area (Å²) in [5.74, 6) is -0.202. The minimum absolute atomic E-state index is 0.158. The van der Waals surface area contributed by atoms with Gasteiger partial charge in [0.05, 0.1) is 30.9 Å². The second-order valence-corrected chi connectivity index (χ2v) is 8.13. The molecule has 0 unspecified atom stereocenters. The Morgan fingerprint density at radius 2 is 1.50 bits per heavy atom. The predicted molar refractivity (Wildman–Crippen MR) is 119 cm³/mol. The monoisotopic (exact) mass is 454 g/mol. The molecule has 32 heavy (non-hydrogen) atoms. The van der Waals surface area contributed by atoms with E-state index in [-0.39, 0.29) is 25.2 Å². The zero-order valence-corrected chi connectivity index (χ0v) is 18.4. The van der Waals surface area contributed by atoms with E-state index in [9.17, 15) is 23.4 Å². The maximum atomic E-state index is 13.5. The van der Waals surface area contributed by atoms with Crippen LogP contribution in [0.5, 0.6) is 5.75 Å². The van der Waals surface area contributed by atoms with Gasteiger partial charge in [-0.2, -0.15) is 13.2 Å². The summed E-state index contributed by atoms with van der Waals surface area (Å²) in [5.41, 5.74) is 6.52. The zero-order valence-electron chi connectivity index (χ0n) is 18.4. The van der Waals surface area contributed by atoms with Crippen molar-refractivity contribution in [2.75, 3.05) is 33.4 Å². The minimum atomic E-state index is -4.55. The van der Waals surface area contributed by atoms with Crippen LogP contribution in [0.3, 0.4) is 0 Å². The number of aryl methyl sites for hydroxylation is 2. The van der Waals surface area contributed by atoms with E-state index in [1.165, 1.54) is 11.6 Å². The highest BCUT2D eigenvalue weighted by molar-refractivity contribution is 5.39. The number of rotatable bonds is 13. The van der Waals surface area contributed by atoms with E-state index >= 15 is 0 Å².